The van der Waals surface area contributed by atoms with Crippen LogP contribution in [-0.4, -0.2) is 60.3 Å². The number of pyridine rings is 1. The maximum Gasteiger partial charge on any atom is 0.118 e. The first-order valence-corrected chi connectivity index (χ1v) is 10.2. The molecule has 2 aromatic rings. The van der Waals surface area contributed by atoms with Crippen molar-refractivity contribution in [3.8, 4) is 5.75 Å². The van der Waals surface area contributed by atoms with Crippen LogP contribution in [0.2, 0.25) is 0 Å². The van der Waals surface area contributed by atoms with Gasteiger partial charge in [0.25, 0.3) is 0 Å². The lowest BCUT2D eigenvalue weighted by Gasteiger charge is -2.39. The first-order valence-electron chi connectivity index (χ1n) is 10.2. The third-order valence-electron chi connectivity index (χ3n) is 6.30. The lowest BCUT2D eigenvalue weighted by molar-refractivity contribution is -0.0452. The van der Waals surface area contributed by atoms with E-state index >= 15 is 0 Å². The van der Waals surface area contributed by atoms with Gasteiger partial charge in [0.05, 0.1) is 19.3 Å². The highest BCUT2D eigenvalue weighted by Gasteiger charge is 2.43. The summed E-state index contributed by atoms with van der Waals surface area (Å²) in [7, 11) is 3.92. The van der Waals surface area contributed by atoms with E-state index in [9.17, 15) is 0 Å². The van der Waals surface area contributed by atoms with Crippen molar-refractivity contribution in [3.05, 3.63) is 59.9 Å². The Kier molecular flexibility index (Phi) is 5.95. The van der Waals surface area contributed by atoms with Gasteiger partial charge in [0.15, 0.2) is 0 Å². The van der Waals surface area contributed by atoms with Crippen molar-refractivity contribution in [3.63, 3.8) is 0 Å². The Balaban J connectivity index is 1.27. The second-order valence-electron chi connectivity index (χ2n) is 8.25. The maximum atomic E-state index is 6.38. The molecule has 2 aliphatic rings. The Morgan fingerprint density at radius 2 is 1.96 bits per heavy atom. The normalized spacial score (nSPS) is 22.0. The van der Waals surface area contributed by atoms with Crippen LogP contribution in [0.1, 0.15) is 30.4 Å². The molecule has 150 valence electrons. The number of ether oxygens (including phenoxy) is 2. The zero-order valence-electron chi connectivity index (χ0n) is 17.0. The van der Waals surface area contributed by atoms with Gasteiger partial charge >= 0.3 is 0 Å². The van der Waals surface area contributed by atoms with E-state index in [1.807, 2.05) is 30.6 Å². The quantitative estimate of drug-likeness (QED) is 0.767. The van der Waals surface area contributed by atoms with E-state index in [-0.39, 0.29) is 5.60 Å². The molecule has 2 saturated heterocycles. The summed E-state index contributed by atoms with van der Waals surface area (Å²) < 4.78 is 11.6. The van der Waals surface area contributed by atoms with Crippen molar-refractivity contribution in [1.82, 2.24) is 14.8 Å². The fourth-order valence-corrected chi connectivity index (χ4v) is 4.47. The minimum Gasteiger partial charge on any atom is -0.497 e. The van der Waals surface area contributed by atoms with Gasteiger partial charge in [-0.2, -0.15) is 0 Å². The van der Waals surface area contributed by atoms with Crippen LogP contribution >= 0.6 is 0 Å². The van der Waals surface area contributed by atoms with Crippen LogP contribution in [0.5, 0.6) is 5.75 Å². The van der Waals surface area contributed by atoms with Crippen molar-refractivity contribution < 1.29 is 9.47 Å². The summed E-state index contributed by atoms with van der Waals surface area (Å²) in [5.41, 5.74) is 2.68. The largest absolute Gasteiger partial charge is 0.497 e. The van der Waals surface area contributed by atoms with E-state index in [2.05, 4.69) is 40.0 Å². The number of hydrogen-bond donors (Lipinski definition) is 0. The lowest BCUT2D eigenvalue weighted by atomic mass is 9.87. The van der Waals surface area contributed by atoms with Gasteiger partial charge in [-0.05, 0) is 55.6 Å². The molecule has 1 aromatic heterocycles. The molecule has 1 spiro atoms. The second-order valence-corrected chi connectivity index (χ2v) is 8.25. The minimum absolute atomic E-state index is 0.0737. The lowest BCUT2D eigenvalue weighted by Crippen LogP contribution is -2.44. The molecule has 0 amide bonds. The van der Waals surface area contributed by atoms with E-state index in [0.717, 1.165) is 57.8 Å². The van der Waals surface area contributed by atoms with Gasteiger partial charge in [0.2, 0.25) is 0 Å². The van der Waals surface area contributed by atoms with Gasteiger partial charge in [-0.1, -0.05) is 18.2 Å². The Morgan fingerprint density at radius 3 is 2.64 bits per heavy atom. The first-order chi connectivity index (χ1) is 13.7. The predicted octanol–water partition coefficient (Wildman–Crippen LogP) is 3.35. The number of benzene rings is 1. The number of piperidine rings is 1. The van der Waals surface area contributed by atoms with Crippen molar-refractivity contribution in [2.75, 3.05) is 33.9 Å². The van der Waals surface area contributed by atoms with Gasteiger partial charge in [0.1, 0.15) is 5.75 Å². The van der Waals surface area contributed by atoms with Gasteiger partial charge in [-0.25, -0.2) is 0 Å². The number of rotatable bonds is 6. The number of nitrogens with zero attached hydrogens (tertiary/aromatic N) is 3. The van der Waals surface area contributed by atoms with Gasteiger partial charge in [-0.15, -0.1) is 0 Å². The Hall–Kier alpha value is -1.95. The predicted molar refractivity (Wildman–Crippen MR) is 110 cm³/mol. The molecule has 1 atom stereocenters. The Morgan fingerprint density at radius 1 is 1.18 bits per heavy atom. The van der Waals surface area contributed by atoms with Crippen LogP contribution in [0.25, 0.3) is 0 Å². The molecule has 2 fully saturated rings. The molecule has 0 radical (unpaired) electrons. The summed E-state index contributed by atoms with van der Waals surface area (Å²) in [6, 6.07) is 13.1. The molecule has 1 unspecified atom stereocenters. The summed E-state index contributed by atoms with van der Waals surface area (Å²) >= 11 is 0. The van der Waals surface area contributed by atoms with Crippen molar-refractivity contribution in [1.29, 1.82) is 0 Å². The van der Waals surface area contributed by atoms with Crippen molar-refractivity contribution in [2.45, 2.75) is 44.0 Å². The fourth-order valence-electron chi connectivity index (χ4n) is 4.47. The zero-order chi connectivity index (χ0) is 19.4. The molecule has 0 N–H and O–H groups in total. The average Bonchev–Trinajstić information content (AvgIpc) is 3.15. The van der Waals surface area contributed by atoms with Crippen molar-refractivity contribution >= 4 is 0 Å². The van der Waals surface area contributed by atoms with Crippen LogP contribution in [0.15, 0.2) is 48.8 Å². The highest BCUT2D eigenvalue weighted by Crippen LogP contribution is 2.38. The molecule has 5 heteroatoms. The minimum atomic E-state index is 0.0737. The smallest absolute Gasteiger partial charge is 0.118 e. The highest BCUT2D eigenvalue weighted by atomic mass is 16.5. The second kappa shape index (κ2) is 8.60. The Labute approximate surface area is 168 Å². The van der Waals surface area contributed by atoms with E-state index in [1.54, 1.807) is 7.11 Å². The van der Waals surface area contributed by atoms with E-state index in [1.165, 1.54) is 11.1 Å². The monoisotopic (exact) mass is 381 g/mol. The van der Waals surface area contributed by atoms with Gasteiger partial charge < -0.3 is 9.47 Å². The fraction of sp³-hybridized carbons (Fsp3) is 0.522. The van der Waals surface area contributed by atoms with E-state index in [4.69, 9.17) is 9.47 Å². The first kappa shape index (κ1) is 19.4. The topological polar surface area (TPSA) is 37.8 Å². The van der Waals surface area contributed by atoms with Crippen LogP contribution in [0.3, 0.4) is 0 Å². The van der Waals surface area contributed by atoms with Crippen LogP contribution in [-0.2, 0) is 17.8 Å². The summed E-state index contributed by atoms with van der Waals surface area (Å²) in [5.74, 6) is 0.919. The van der Waals surface area contributed by atoms with Crippen LogP contribution in [0, 0.1) is 0 Å². The number of aromatic nitrogens is 1. The van der Waals surface area contributed by atoms with E-state index in [0.29, 0.717) is 6.04 Å². The van der Waals surface area contributed by atoms with Crippen LogP contribution < -0.4 is 4.74 Å². The molecule has 1 aromatic carbocycles. The number of likely N-dealkylation sites (N-methyl/N-ethyl adjacent to an activating group) is 1. The molecule has 28 heavy (non-hydrogen) atoms. The van der Waals surface area contributed by atoms with Crippen molar-refractivity contribution in [2.24, 2.45) is 0 Å². The molecular formula is C23H31N3O2. The molecular weight excluding hydrogens is 350 g/mol. The van der Waals surface area contributed by atoms with Gasteiger partial charge in [0, 0.05) is 44.6 Å². The number of likely N-dealkylation sites (tertiary alicyclic amines) is 1. The average molecular weight is 382 g/mol. The van der Waals surface area contributed by atoms with Crippen LogP contribution in [0.4, 0.5) is 0 Å². The standard InChI is InChI=1S/C23H31N3O2/c1-25(16-20-4-3-11-24-15-20)21-14-23(28-18-21)9-12-26(13-10-23)17-19-5-7-22(27-2)8-6-19/h3-8,11,15,21H,9-10,12-14,16-18H2,1-2H3. The summed E-state index contributed by atoms with van der Waals surface area (Å²) in [6.45, 7) is 4.98. The molecule has 0 saturated carbocycles. The summed E-state index contributed by atoms with van der Waals surface area (Å²) in [5, 5.41) is 0. The Bertz CT molecular complexity index is 742. The molecule has 3 heterocycles. The number of hydrogen-bond acceptors (Lipinski definition) is 5. The third kappa shape index (κ3) is 4.54. The molecule has 2 aliphatic heterocycles. The summed E-state index contributed by atoms with van der Waals surface area (Å²) in [6.07, 6.45) is 7.18. The molecule has 0 bridgehead atoms. The summed E-state index contributed by atoms with van der Waals surface area (Å²) in [4.78, 5) is 9.20. The maximum absolute atomic E-state index is 6.38. The molecule has 5 nitrogen and oxygen atoms in total. The molecule has 4 rings (SSSR count). The third-order valence-corrected chi connectivity index (χ3v) is 6.30. The molecule has 0 aliphatic carbocycles. The van der Waals surface area contributed by atoms with Gasteiger partial charge in [-0.3, -0.25) is 14.8 Å². The number of methoxy groups -OCH3 is 1. The SMILES string of the molecule is COc1ccc(CN2CCC3(CC2)CC(N(C)Cc2cccnc2)CO3)cc1. The highest BCUT2D eigenvalue weighted by molar-refractivity contribution is 5.27. The zero-order valence-corrected chi connectivity index (χ0v) is 17.0. The van der Waals surface area contributed by atoms with E-state index < -0.39 is 0 Å².